The first kappa shape index (κ1) is 15.1. The molecule has 2 N–H and O–H groups in total. The van der Waals surface area contributed by atoms with Crippen molar-refractivity contribution in [1.82, 2.24) is 15.5 Å². The van der Waals surface area contributed by atoms with Crippen LogP contribution in [0.5, 0.6) is 0 Å². The van der Waals surface area contributed by atoms with Crippen LogP contribution in [0.4, 0.5) is 0 Å². The molecule has 2 atom stereocenters. The van der Waals surface area contributed by atoms with Crippen LogP contribution in [0.2, 0.25) is 0 Å². The Hall–Kier alpha value is -1.82. The SMILES string of the molecule is O=C1CC[C@H](C(=O)NC[C@H](c2ccco2)N2CCCC2)CN1. The van der Waals surface area contributed by atoms with Crippen molar-refractivity contribution < 1.29 is 14.0 Å². The normalized spacial score (nSPS) is 24.0. The van der Waals surface area contributed by atoms with Gasteiger partial charge in [-0.05, 0) is 44.5 Å². The van der Waals surface area contributed by atoms with E-state index >= 15 is 0 Å². The lowest BCUT2D eigenvalue weighted by Gasteiger charge is -2.27. The fourth-order valence-corrected chi connectivity index (χ4v) is 3.24. The van der Waals surface area contributed by atoms with Crippen molar-refractivity contribution in [2.45, 2.75) is 31.7 Å². The molecule has 2 aliphatic heterocycles. The Bertz CT molecular complexity index is 499. The Morgan fingerprint density at radius 3 is 2.91 bits per heavy atom. The number of likely N-dealkylation sites (tertiary alicyclic amines) is 1. The molecule has 0 spiro atoms. The van der Waals surface area contributed by atoms with Gasteiger partial charge in [0.2, 0.25) is 11.8 Å². The molecule has 0 radical (unpaired) electrons. The van der Waals surface area contributed by atoms with Crippen LogP contribution in [-0.2, 0) is 9.59 Å². The lowest BCUT2D eigenvalue weighted by atomic mass is 9.98. The number of hydrogen-bond acceptors (Lipinski definition) is 4. The van der Waals surface area contributed by atoms with Gasteiger partial charge in [-0.2, -0.15) is 0 Å². The largest absolute Gasteiger partial charge is 0.468 e. The first-order chi connectivity index (χ1) is 10.7. The lowest BCUT2D eigenvalue weighted by molar-refractivity contribution is -0.129. The van der Waals surface area contributed by atoms with E-state index in [0.29, 0.717) is 25.9 Å². The average Bonchev–Trinajstić information content (AvgIpc) is 3.22. The highest BCUT2D eigenvalue weighted by molar-refractivity contribution is 5.83. The highest BCUT2D eigenvalue weighted by atomic mass is 16.3. The molecular formula is C16H23N3O3. The third kappa shape index (κ3) is 3.50. The van der Waals surface area contributed by atoms with Gasteiger partial charge in [-0.1, -0.05) is 0 Å². The number of nitrogens with one attached hydrogen (secondary N) is 2. The Labute approximate surface area is 130 Å². The van der Waals surface area contributed by atoms with Gasteiger partial charge in [-0.15, -0.1) is 0 Å². The zero-order chi connectivity index (χ0) is 15.4. The van der Waals surface area contributed by atoms with E-state index in [0.717, 1.165) is 18.8 Å². The van der Waals surface area contributed by atoms with E-state index in [-0.39, 0.29) is 23.8 Å². The summed E-state index contributed by atoms with van der Waals surface area (Å²) in [6.07, 6.45) is 5.13. The van der Waals surface area contributed by atoms with Crippen LogP contribution in [0, 0.1) is 5.92 Å². The third-order valence-electron chi connectivity index (χ3n) is 4.56. The maximum absolute atomic E-state index is 12.3. The Morgan fingerprint density at radius 1 is 1.45 bits per heavy atom. The third-order valence-corrected chi connectivity index (χ3v) is 4.56. The van der Waals surface area contributed by atoms with Gasteiger partial charge in [0.1, 0.15) is 5.76 Å². The van der Waals surface area contributed by atoms with Crippen LogP contribution in [0.1, 0.15) is 37.5 Å². The highest BCUT2D eigenvalue weighted by Crippen LogP contribution is 2.25. The molecule has 3 rings (SSSR count). The average molecular weight is 305 g/mol. The minimum atomic E-state index is -0.117. The van der Waals surface area contributed by atoms with Gasteiger partial charge >= 0.3 is 0 Å². The molecule has 2 aliphatic rings. The quantitative estimate of drug-likeness (QED) is 0.853. The molecule has 0 saturated carbocycles. The van der Waals surface area contributed by atoms with Crippen molar-refractivity contribution >= 4 is 11.8 Å². The molecule has 6 heteroatoms. The smallest absolute Gasteiger partial charge is 0.224 e. The van der Waals surface area contributed by atoms with Crippen molar-refractivity contribution in [3.05, 3.63) is 24.2 Å². The lowest BCUT2D eigenvalue weighted by Crippen LogP contribution is -2.45. The summed E-state index contributed by atoms with van der Waals surface area (Å²) in [6.45, 7) is 3.08. The van der Waals surface area contributed by atoms with E-state index in [4.69, 9.17) is 4.42 Å². The van der Waals surface area contributed by atoms with Crippen molar-refractivity contribution in [3.63, 3.8) is 0 Å². The molecule has 6 nitrogen and oxygen atoms in total. The van der Waals surface area contributed by atoms with E-state index in [1.807, 2.05) is 12.1 Å². The summed E-state index contributed by atoms with van der Waals surface area (Å²) in [5, 5.41) is 5.80. The number of rotatable bonds is 5. The zero-order valence-electron chi connectivity index (χ0n) is 12.7. The van der Waals surface area contributed by atoms with Gasteiger partial charge < -0.3 is 15.1 Å². The van der Waals surface area contributed by atoms with Crippen molar-refractivity contribution in [1.29, 1.82) is 0 Å². The number of amides is 2. The molecule has 2 fully saturated rings. The van der Waals surface area contributed by atoms with Crippen LogP contribution in [0.25, 0.3) is 0 Å². The van der Waals surface area contributed by atoms with Crippen molar-refractivity contribution in [2.24, 2.45) is 5.92 Å². The summed E-state index contributed by atoms with van der Waals surface area (Å²) in [6, 6.07) is 3.95. The molecule has 0 aromatic carbocycles. The predicted octanol–water partition coefficient (Wildman–Crippen LogP) is 1.06. The van der Waals surface area contributed by atoms with Gasteiger partial charge in [0, 0.05) is 19.5 Å². The molecule has 0 unspecified atom stereocenters. The van der Waals surface area contributed by atoms with Gasteiger partial charge in [-0.3, -0.25) is 14.5 Å². The number of piperidine rings is 1. The van der Waals surface area contributed by atoms with Gasteiger partial charge in [0.05, 0.1) is 18.2 Å². The van der Waals surface area contributed by atoms with E-state index in [9.17, 15) is 9.59 Å². The minimum Gasteiger partial charge on any atom is -0.468 e. The summed E-state index contributed by atoms with van der Waals surface area (Å²) < 4.78 is 5.55. The number of nitrogens with zero attached hydrogens (tertiary/aromatic N) is 1. The van der Waals surface area contributed by atoms with E-state index in [1.165, 1.54) is 12.8 Å². The summed E-state index contributed by atoms with van der Waals surface area (Å²) in [5.74, 6) is 0.845. The summed E-state index contributed by atoms with van der Waals surface area (Å²) >= 11 is 0. The maximum Gasteiger partial charge on any atom is 0.224 e. The van der Waals surface area contributed by atoms with E-state index in [2.05, 4.69) is 15.5 Å². The first-order valence-electron chi connectivity index (χ1n) is 8.06. The number of carbonyl (C=O) groups is 2. The second-order valence-electron chi connectivity index (χ2n) is 6.06. The number of hydrogen-bond donors (Lipinski definition) is 2. The van der Waals surface area contributed by atoms with Gasteiger partial charge in [0.25, 0.3) is 0 Å². The second kappa shape index (κ2) is 6.96. The zero-order valence-corrected chi connectivity index (χ0v) is 12.7. The first-order valence-corrected chi connectivity index (χ1v) is 8.06. The molecule has 0 aliphatic carbocycles. The van der Waals surface area contributed by atoms with Crippen LogP contribution in [-0.4, -0.2) is 42.9 Å². The fraction of sp³-hybridized carbons (Fsp3) is 0.625. The number of carbonyl (C=O) groups excluding carboxylic acids is 2. The topological polar surface area (TPSA) is 74.6 Å². The molecule has 0 bridgehead atoms. The molecule has 120 valence electrons. The Morgan fingerprint density at radius 2 is 2.27 bits per heavy atom. The minimum absolute atomic E-state index is 0.0238. The summed E-state index contributed by atoms with van der Waals surface area (Å²) in [7, 11) is 0. The maximum atomic E-state index is 12.3. The van der Waals surface area contributed by atoms with E-state index < -0.39 is 0 Å². The van der Waals surface area contributed by atoms with Crippen LogP contribution in [0.15, 0.2) is 22.8 Å². The Kier molecular flexibility index (Phi) is 4.77. The van der Waals surface area contributed by atoms with Gasteiger partial charge in [0.15, 0.2) is 0 Å². The molecular weight excluding hydrogens is 282 g/mol. The van der Waals surface area contributed by atoms with Crippen LogP contribution >= 0.6 is 0 Å². The highest BCUT2D eigenvalue weighted by Gasteiger charge is 2.28. The molecule has 2 amide bonds. The van der Waals surface area contributed by atoms with E-state index in [1.54, 1.807) is 6.26 Å². The fourth-order valence-electron chi connectivity index (χ4n) is 3.24. The molecule has 3 heterocycles. The van der Waals surface area contributed by atoms with Crippen LogP contribution in [0.3, 0.4) is 0 Å². The Balaban J connectivity index is 1.57. The molecule has 1 aromatic rings. The monoisotopic (exact) mass is 305 g/mol. The predicted molar refractivity (Wildman–Crippen MR) is 81.0 cm³/mol. The van der Waals surface area contributed by atoms with Gasteiger partial charge in [-0.25, -0.2) is 0 Å². The number of furan rings is 1. The van der Waals surface area contributed by atoms with Crippen LogP contribution < -0.4 is 10.6 Å². The molecule has 2 saturated heterocycles. The molecule has 22 heavy (non-hydrogen) atoms. The van der Waals surface area contributed by atoms with Crippen molar-refractivity contribution in [3.8, 4) is 0 Å². The molecule has 1 aromatic heterocycles. The van der Waals surface area contributed by atoms with Crippen molar-refractivity contribution in [2.75, 3.05) is 26.2 Å². The summed E-state index contributed by atoms with van der Waals surface area (Å²) in [4.78, 5) is 25.8. The second-order valence-corrected chi connectivity index (χ2v) is 6.06. The summed E-state index contributed by atoms with van der Waals surface area (Å²) in [5.41, 5.74) is 0. The standard InChI is InChI=1S/C16H23N3O3/c20-15-6-5-12(10-17-15)16(21)18-11-13(14-4-3-9-22-14)19-7-1-2-8-19/h3-4,9,12-13H,1-2,5-8,10-11H2,(H,17,20)(H,18,21)/t12-,13+/m0/s1.